The van der Waals surface area contributed by atoms with Gasteiger partial charge in [-0.1, -0.05) is 5.16 Å². The Balaban J connectivity index is 1.89. The fourth-order valence-electron chi connectivity index (χ4n) is 2.53. The molecule has 2 heterocycles. The van der Waals surface area contributed by atoms with E-state index in [4.69, 9.17) is 18.7 Å². The molecule has 0 saturated carbocycles. The van der Waals surface area contributed by atoms with Crippen molar-refractivity contribution in [3.63, 3.8) is 0 Å². The molecule has 3 rings (SSSR count). The summed E-state index contributed by atoms with van der Waals surface area (Å²) < 4.78 is 21.1. The Bertz CT molecular complexity index is 916. The van der Waals surface area contributed by atoms with Crippen molar-refractivity contribution >= 4 is 23.3 Å². The van der Waals surface area contributed by atoms with E-state index < -0.39 is 0 Å². The summed E-state index contributed by atoms with van der Waals surface area (Å²) in [6.45, 7) is 3.69. The number of nitrogens with zero attached hydrogens (tertiary/aromatic N) is 3. The molecule has 0 radical (unpaired) electrons. The lowest BCUT2D eigenvalue weighted by Crippen LogP contribution is -2.03. The Morgan fingerprint density at radius 3 is 2.07 bits per heavy atom. The molecule has 142 valence electrons. The van der Waals surface area contributed by atoms with E-state index >= 15 is 0 Å². The number of hydrogen-bond acceptors (Lipinski definition) is 9. The zero-order chi connectivity index (χ0) is 19.4. The predicted molar refractivity (Wildman–Crippen MR) is 101 cm³/mol. The summed E-state index contributed by atoms with van der Waals surface area (Å²) in [4.78, 5) is 8.82. The monoisotopic (exact) mass is 371 g/mol. The predicted octanol–water partition coefficient (Wildman–Crippen LogP) is 3.59. The van der Waals surface area contributed by atoms with Crippen molar-refractivity contribution in [2.75, 3.05) is 32.0 Å². The van der Waals surface area contributed by atoms with Gasteiger partial charge in [0.1, 0.15) is 11.6 Å². The number of aryl methyl sites for hydroxylation is 2. The van der Waals surface area contributed by atoms with Gasteiger partial charge in [0.05, 0.1) is 21.3 Å². The molecule has 27 heavy (non-hydrogen) atoms. The van der Waals surface area contributed by atoms with Crippen LogP contribution in [0.25, 0.3) is 0 Å². The number of methoxy groups -OCH3 is 3. The smallest absolute Gasteiger partial charge is 0.230 e. The van der Waals surface area contributed by atoms with E-state index in [9.17, 15) is 0 Å². The van der Waals surface area contributed by atoms with Crippen LogP contribution in [0.4, 0.5) is 23.3 Å². The minimum atomic E-state index is 0.401. The lowest BCUT2D eigenvalue weighted by atomic mass is 10.2. The van der Waals surface area contributed by atoms with Gasteiger partial charge >= 0.3 is 0 Å². The third kappa shape index (κ3) is 4.20. The van der Waals surface area contributed by atoms with Crippen molar-refractivity contribution in [3.8, 4) is 17.2 Å². The van der Waals surface area contributed by atoms with Crippen LogP contribution in [0.15, 0.2) is 28.8 Å². The zero-order valence-corrected chi connectivity index (χ0v) is 15.8. The molecule has 0 saturated heterocycles. The van der Waals surface area contributed by atoms with Gasteiger partial charge in [-0.3, -0.25) is 0 Å². The molecule has 1 aromatic carbocycles. The molecule has 0 amide bonds. The van der Waals surface area contributed by atoms with Crippen molar-refractivity contribution in [3.05, 3.63) is 35.7 Å². The number of ether oxygens (including phenoxy) is 3. The van der Waals surface area contributed by atoms with Crippen LogP contribution < -0.4 is 24.8 Å². The maximum atomic E-state index is 5.38. The first kappa shape index (κ1) is 18.3. The van der Waals surface area contributed by atoms with Gasteiger partial charge < -0.3 is 29.4 Å². The Labute approximate surface area is 156 Å². The first-order valence-corrected chi connectivity index (χ1v) is 8.15. The lowest BCUT2D eigenvalue weighted by Gasteiger charge is -2.15. The van der Waals surface area contributed by atoms with E-state index in [0.29, 0.717) is 40.6 Å². The van der Waals surface area contributed by atoms with Crippen LogP contribution in [0, 0.1) is 13.8 Å². The van der Waals surface area contributed by atoms with Crippen LogP contribution in [0.2, 0.25) is 0 Å². The summed E-state index contributed by atoms with van der Waals surface area (Å²) in [5, 5.41) is 10.1. The van der Waals surface area contributed by atoms with E-state index in [2.05, 4.69) is 25.8 Å². The quantitative estimate of drug-likeness (QED) is 0.644. The molecule has 0 spiro atoms. The standard InChI is InChI=1S/C18H21N5O4/c1-10-6-15(21-18(19-10)22-16-7-11(2)27-23-16)20-12-8-13(24-3)17(26-5)14(9-12)25-4/h6-9H,1-5H3,(H2,19,20,21,22,23). The largest absolute Gasteiger partial charge is 0.493 e. The van der Waals surface area contributed by atoms with Crippen molar-refractivity contribution in [1.82, 2.24) is 15.1 Å². The van der Waals surface area contributed by atoms with Gasteiger partial charge in [0, 0.05) is 35.6 Å². The SMILES string of the molecule is COc1cc(Nc2cc(C)nc(Nc3cc(C)on3)n2)cc(OC)c1OC. The average Bonchev–Trinajstić information content (AvgIpc) is 3.04. The van der Waals surface area contributed by atoms with Gasteiger partial charge in [0.2, 0.25) is 11.7 Å². The van der Waals surface area contributed by atoms with Gasteiger partial charge in [-0.05, 0) is 13.8 Å². The number of benzene rings is 1. The van der Waals surface area contributed by atoms with Gasteiger partial charge in [-0.2, -0.15) is 4.98 Å². The van der Waals surface area contributed by atoms with E-state index in [1.54, 1.807) is 39.5 Å². The molecule has 2 N–H and O–H groups in total. The third-order valence-corrected chi connectivity index (χ3v) is 3.66. The van der Waals surface area contributed by atoms with Crippen molar-refractivity contribution in [2.45, 2.75) is 13.8 Å². The van der Waals surface area contributed by atoms with E-state index in [-0.39, 0.29) is 0 Å². The molecule has 9 heteroatoms. The molecule has 0 atom stereocenters. The molecule has 0 unspecified atom stereocenters. The van der Waals surface area contributed by atoms with Crippen molar-refractivity contribution in [2.24, 2.45) is 0 Å². The Hall–Kier alpha value is -3.49. The van der Waals surface area contributed by atoms with Gasteiger partial charge in [0.15, 0.2) is 17.3 Å². The summed E-state index contributed by atoms with van der Waals surface area (Å²) in [5.41, 5.74) is 1.51. The van der Waals surface area contributed by atoms with Crippen LogP contribution >= 0.6 is 0 Å². The molecule has 0 aliphatic heterocycles. The topological polar surface area (TPSA) is 104 Å². The number of anilines is 4. The second-order valence-electron chi connectivity index (χ2n) is 5.70. The van der Waals surface area contributed by atoms with E-state index in [1.165, 1.54) is 0 Å². The summed E-state index contributed by atoms with van der Waals surface area (Å²) in [6, 6.07) is 7.18. The van der Waals surface area contributed by atoms with Gasteiger partial charge in [0.25, 0.3) is 0 Å². The molecule has 0 fully saturated rings. The maximum absolute atomic E-state index is 5.38. The molecular weight excluding hydrogens is 350 g/mol. The summed E-state index contributed by atoms with van der Waals surface area (Å²) in [7, 11) is 4.69. The van der Waals surface area contributed by atoms with Crippen LogP contribution in [-0.4, -0.2) is 36.5 Å². The Kier molecular flexibility index (Phi) is 5.30. The second-order valence-corrected chi connectivity index (χ2v) is 5.70. The number of aromatic nitrogens is 3. The van der Waals surface area contributed by atoms with Gasteiger partial charge in [-0.25, -0.2) is 4.98 Å². The highest BCUT2D eigenvalue weighted by Crippen LogP contribution is 2.40. The number of hydrogen-bond donors (Lipinski definition) is 2. The zero-order valence-electron chi connectivity index (χ0n) is 15.8. The van der Waals surface area contributed by atoms with Crippen molar-refractivity contribution in [1.29, 1.82) is 0 Å². The van der Waals surface area contributed by atoms with Gasteiger partial charge in [-0.15, -0.1) is 0 Å². The minimum absolute atomic E-state index is 0.401. The lowest BCUT2D eigenvalue weighted by molar-refractivity contribution is 0.324. The highest BCUT2D eigenvalue weighted by atomic mass is 16.5. The molecular formula is C18H21N5O4. The number of rotatable bonds is 7. The van der Waals surface area contributed by atoms with E-state index in [1.807, 2.05) is 19.9 Å². The third-order valence-electron chi connectivity index (χ3n) is 3.66. The van der Waals surface area contributed by atoms with Crippen LogP contribution in [-0.2, 0) is 0 Å². The fourth-order valence-corrected chi connectivity index (χ4v) is 2.53. The number of nitrogens with one attached hydrogen (secondary N) is 2. The first-order valence-electron chi connectivity index (χ1n) is 8.15. The summed E-state index contributed by atoms with van der Waals surface area (Å²) in [6.07, 6.45) is 0. The van der Waals surface area contributed by atoms with Crippen LogP contribution in [0.1, 0.15) is 11.5 Å². The van der Waals surface area contributed by atoms with E-state index in [0.717, 1.165) is 11.4 Å². The second kappa shape index (κ2) is 7.81. The molecule has 3 aromatic rings. The average molecular weight is 371 g/mol. The Morgan fingerprint density at radius 2 is 1.52 bits per heavy atom. The maximum Gasteiger partial charge on any atom is 0.230 e. The van der Waals surface area contributed by atoms with Crippen LogP contribution in [0.5, 0.6) is 17.2 Å². The Morgan fingerprint density at radius 1 is 0.815 bits per heavy atom. The molecule has 0 aliphatic rings. The highest BCUT2D eigenvalue weighted by Gasteiger charge is 2.14. The normalized spacial score (nSPS) is 10.4. The molecule has 2 aromatic heterocycles. The first-order chi connectivity index (χ1) is 13.0. The molecule has 0 bridgehead atoms. The molecule has 0 aliphatic carbocycles. The van der Waals surface area contributed by atoms with Crippen molar-refractivity contribution < 1.29 is 18.7 Å². The minimum Gasteiger partial charge on any atom is -0.493 e. The fraction of sp³-hybridized carbons (Fsp3) is 0.278. The summed E-state index contributed by atoms with van der Waals surface area (Å²) in [5.74, 6) is 3.84. The summed E-state index contributed by atoms with van der Waals surface area (Å²) >= 11 is 0. The highest BCUT2D eigenvalue weighted by molar-refractivity contribution is 5.67. The molecule has 9 nitrogen and oxygen atoms in total. The van der Waals surface area contributed by atoms with Crippen LogP contribution in [0.3, 0.4) is 0 Å².